The van der Waals surface area contributed by atoms with E-state index in [2.05, 4.69) is 4.74 Å². The topological polar surface area (TPSA) is 35.2 Å². The lowest BCUT2D eigenvalue weighted by atomic mass is 10.1. The Balaban J connectivity index is 2.71. The summed E-state index contributed by atoms with van der Waals surface area (Å²) in [5.41, 5.74) is 5.55. The molecule has 0 saturated heterocycles. The molecular weight excluding hydrogens is 257 g/mol. The molecule has 0 amide bonds. The molecule has 0 heterocycles. The summed E-state index contributed by atoms with van der Waals surface area (Å²) in [6.45, 7) is -0.610. The Morgan fingerprint density at radius 2 is 1.67 bits per heavy atom. The van der Waals surface area contributed by atoms with Gasteiger partial charge >= 0.3 is 6.18 Å². The normalized spacial score (nSPS) is 11.7. The molecular formula is C11H12F5NO. The van der Waals surface area contributed by atoms with Gasteiger partial charge in [-0.1, -0.05) is 0 Å². The van der Waals surface area contributed by atoms with Gasteiger partial charge in [0.2, 0.25) is 0 Å². The highest BCUT2D eigenvalue weighted by atomic mass is 19.4. The van der Waals surface area contributed by atoms with Crippen molar-refractivity contribution in [2.75, 3.05) is 13.2 Å². The SMILES string of the molecule is NCCc1cc(F)c(OCCC(F)(F)F)c(F)c1. The van der Waals surface area contributed by atoms with E-state index in [0.717, 1.165) is 12.1 Å². The molecule has 0 unspecified atom stereocenters. The van der Waals surface area contributed by atoms with Crippen LogP contribution in [0.15, 0.2) is 12.1 Å². The van der Waals surface area contributed by atoms with Crippen LogP contribution in [-0.2, 0) is 6.42 Å². The second kappa shape index (κ2) is 5.99. The average molecular weight is 269 g/mol. The first-order valence-electron chi connectivity index (χ1n) is 5.21. The molecule has 0 fully saturated rings. The van der Waals surface area contributed by atoms with E-state index in [1.807, 2.05) is 0 Å². The maximum absolute atomic E-state index is 13.4. The molecule has 1 aromatic rings. The molecule has 2 N–H and O–H groups in total. The van der Waals surface area contributed by atoms with Crippen LogP contribution < -0.4 is 10.5 Å². The fraction of sp³-hybridized carbons (Fsp3) is 0.455. The molecule has 1 rings (SSSR count). The molecule has 7 heteroatoms. The molecule has 102 valence electrons. The second-order valence-electron chi connectivity index (χ2n) is 3.64. The molecule has 0 aliphatic rings. The second-order valence-corrected chi connectivity index (χ2v) is 3.64. The van der Waals surface area contributed by atoms with E-state index >= 15 is 0 Å². The number of hydrogen-bond acceptors (Lipinski definition) is 2. The number of benzene rings is 1. The Morgan fingerprint density at radius 3 is 2.11 bits per heavy atom. The van der Waals surface area contributed by atoms with Crippen molar-refractivity contribution >= 4 is 0 Å². The van der Waals surface area contributed by atoms with Gasteiger partial charge in [-0.3, -0.25) is 0 Å². The Labute approximate surface area is 101 Å². The van der Waals surface area contributed by atoms with Crippen LogP contribution in [0.2, 0.25) is 0 Å². The molecule has 0 radical (unpaired) electrons. The van der Waals surface area contributed by atoms with Crippen LogP contribution in [0.1, 0.15) is 12.0 Å². The van der Waals surface area contributed by atoms with Crippen LogP contribution in [0.4, 0.5) is 22.0 Å². The predicted octanol–water partition coefficient (Wildman–Crippen LogP) is 2.80. The van der Waals surface area contributed by atoms with E-state index in [9.17, 15) is 22.0 Å². The number of alkyl halides is 3. The van der Waals surface area contributed by atoms with Crippen LogP contribution in [0.5, 0.6) is 5.75 Å². The highest BCUT2D eigenvalue weighted by Gasteiger charge is 2.27. The minimum absolute atomic E-state index is 0.215. The van der Waals surface area contributed by atoms with Gasteiger partial charge in [0.25, 0.3) is 0 Å². The Bertz CT molecular complexity index is 382. The average Bonchev–Trinajstić information content (AvgIpc) is 2.21. The first-order chi connectivity index (χ1) is 8.33. The largest absolute Gasteiger partial charge is 0.487 e. The molecule has 18 heavy (non-hydrogen) atoms. The van der Waals surface area contributed by atoms with E-state index in [4.69, 9.17) is 5.73 Å². The fourth-order valence-electron chi connectivity index (χ4n) is 1.33. The van der Waals surface area contributed by atoms with E-state index in [0.29, 0.717) is 5.56 Å². The number of halogens is 5. The summed E-state index contributed by atoms with van der Waals surface area (Å²) >= 11 is 0. The van der Waals surface area contributed by atoms with Crippen LogP contribution in [0.3, 0.4) is 0 Å². The minimum Gasteiger partial charge on any atom is -0.487 e. The molecule has 1 aromatic carbocycles. The highest BCUT2D eigenvalue weighted by molar-refractivity contribution is 5.31. The lowest BCUT2D eigenvalue weighted by Crippen LogP contribution is -2.14. The number of ether oxygens (including phenoxy) is 1. The summed E-state index contributed by atoms with van der Waals surface area (Å²) < 4.78 is 66.7. The maximum Gasteiger partial charge on any atom is 0.392 e. The molecule has 0 atom stereocenters. The number of rotatable bonds is 5. The molecule has 0 bridgehead atoms. The number of hydrogen-bond donors (Lipinski definition) is 1. The standard InChI is InChI=1S/C11H12F5NO/c12-8-5-7(1-3-17)6-9(13)10(8)18-4-2-11(14,15)16/h5-6H,1-4,17H2. The Kier molecular flexibility index (Phi) is 4.89. The zero-order chi connectivity index (χ0) is 13.8. The Hall–Kier alpha value is -1.37. The predicted molar refractivity (Wildman–Crippen MR) is 55.3 cm³/mol. The van der Waals surface area contributed by atoms with Gasteiger partial charge in [-0.15, -0.1) is 0 Å². The van der Waals surface area contributed by atoms with E-state index < -0.39 is 36.6 Å². The minimum atomic E-state index is -4.42. The van der Waals surface area contributed by atoms with Gasteiger partial charge in [-0.2, -0.15) is 13.2 Å². The van der Waals surface area contributed by atoms with Crippen LogP contribution in [-0.4, -0.2) is 19.3 Å². The van der Waals surface area contributed by atoms with Gasteiger partial charge in [0, 0.05) is 0 Å². The van der Waals surface area contributed by atoms with Gasteiger partial charge in [-0.25, -0.2) is 8.78 Å². The molecule has 0 spiro atoms. The van der Waals surface area contributed by atoms with Crippen molar-refractivity contribution in [1.82, 2.24) is 0 Å². The van der Waals surface area contributed by atoms with E-state index in [1.165, 1.54) is 0 Å². The van der Waals surface area contributed by atoms with Crippen molar-refractivity contribution in [3.05, 3.63) is 29.3 Å². The summed E-state index contributed by atoms with van der Waals surface area (Å²) in [5.74, 6) is -2.85. The van der Waals surface area contributed by atoms with Crippen molar-refractivity contribution in [3.63, 3.8) is 0 Å². The van der Waals surface area contributed by atoms with Crippen LogP contribution >= 0.6 is 0 Å². The smallest absolute Gasteiger partial charge is 0.392 e. The summed E-state index contributed by atoms with van der Waals surface area (Å²) in [4.78, 5) is 0. The molecule has 0 aliphatic heterocycles. The van der Waals surface area contributed by atoms with Crippen molar-refractivity contribution in [2.45, 2.75) is 19.0 Å². The lowest BCUT2D eigenvalue weighted by Gasteiger charge is -2.11. The summed E-state index contributed by atoms with van der Waals surface area (Å²) in [6, 6.07) is 2.00. The van der Waals surface area contributed by atoms with Gasteiger partial charge in [-0.05, 0) is 30.7 Å². The van der Waals surface area contributed by atoms with Crippen molar-refractivity contribution in [1.29, 1.82) is 0 Å². The third kappa shape index (κ3) is 4.48. The van der Waals surface area contributed by atoms with Crippen LogP contribution in [0.25, 0.3) is 0 Å². The third-order valence-corrected chi connectivity index (χ3v) is 2.12. The molecule has 0 aromatic heterocycles. The van der Waals surface area contributed by atoms with E-state index in [1.54, 1.807) is 0 Å². The molecule has 2 nitrogen and oxygen atoms in total. The van der Waals surface area contributed by atoms with Crippen LogP contribution in [0, 0.1) is 11.6 Å². The first-order valence-corrected chi connectivity index (χ1v) is 5.21. The fourth-order valence-corrected chi connectivity index (χ4v) is 1.33. The number of nitrogens with two attached hydrogens (primary N) is 1. The maximum atomic E-state index is 13.4. The molecule has 0 aliphatic carbocycles. The van der Waals surface area contributed by atoms with Gasteiger partial charge in [0.15, 0.2) is 17.4 Å². The zero-order valence-corrected chi connectivity index (χ0v) is 9.36. The zero-order valence-electron chi connectivity index (χ0n) is 9.36. The quantitative estimate of drug-likeness (QED) is 0.834. The Morgan fingerprint density at radius 1 is 1.11 bits per heavy atom. The molecule has 0 saturated carbocycles. The lowest BCUT2D eigenvalue weighted by molar-refractivity contribution is -0.139. The van der Waals surface area contributed by atoms with Crippen molar-refractivity contribution in [3.8, 4) is 5.75 Å². The first kappa shape index (κ1) is 14.7. The monoisotopic (exact) mass is 269 g/mol. The van der Waals surface area contributed by atoms with Gasteiger partial charge in [0.05, 0.1) is 13.0 Å². The summed E-state index contributed by atoms with van der Waals surface area (Å²) in [5, 5.41) is 0. The van der Waals surface area contributed by atoms with Gasteiger partial charge < -0.3 is 10.5 Å². The summed E-state index contributed by atoms with van der Waals surface area (Å²) in [7, 11) is 0. The van der Waals surface area contributed by atoms with E-state index in [-0.39, 0.29) is 13.0 Å². The van der Waals surface area contributed by atoms with Crippen molar-refractivity contribution < 1.29 is 26.7 Å². The van der Waals surface area contributed by atoms with Gasteiger partial charge in [0.1, 0.15) is 0 Å². The summed E-state index contributed by atoms with van der Waals surface area (Å²) in [6.07, 6.45) is -5.42. The third-order valence-electron chi connectivity index (χ3n) is 2.12. The highest BCUT2D eigenvalue weighted by Crippen LogP contribution is 2.25. The van der Waals surface area contributed by atoms with Crippen molar-refractivity contribution in [2.24, 2.45) is 5.73 Å².